The molecule has 2 amide bonds. The van der Waals surface area contributed by atoms with Gasteiger partial charge in [-0.25, -0.2) is 4.79 Å². The maximum absolute atomic E-state index is 12.4. The first kappa shape index (κ1) is 19.0. The number of carbonyl (C=O) groups is 2. The molecule has 2 rings (SSSR count). The van der Waals surface area contributed by atoms with E-state index in [2.05, 4.69) is 31.4 Å². The molecule has 25 heavy (non-hydrogen) atoms. The fourth-order valence-corrected chi connectivity index (χ4v) is 2.97. The topological polar surface area (TPSA) is 87.3 Å². The molecule has 0 unspecified atom stereocenters. The number of nitrogens with one attached hydrogen (secondary N) is 2. The second-order valence-electron chi connectivity index (χ2n) is 5.71. The van der Waals surface area contributed by atoms with Gasteiger partial charge in [0.15, 0.2) is 5.69 Å². The smallest absolute Gasteiger partial charge is 0.413 e. The lowest BCUT2D eigenvalue weighted by Gasteiger charge is -2.16. The molecular formula is C17H21BrN4O3. The van der Waals surface area contributed by atoms with Gasteiger partial charge in [-0.3, -0.25) is 14.8 Å². The highest BCUT2D eigenvalue weighted by Gasteiger charge is 2.19. The van der Waals surface area contributed by atoms with Gasteiger partial charge in [-0.1, -0.05) is 13.8 Å². The molecular weight excluding hydrogens is 388 g/mol. The SMILES string of the molecule is CCOC(=O)N(C)c1ccc(NC(=O)c2n[nH]c(C(C)C)c2Br)cc1. The van der Waals surface area contributed by atoms with E-state index in [1.807, 2.05) is 13.8 Å². The van der Waals surface area contributed by atoms with Crippen LogP contribution in [0, 0.1) is 0 Å². The van der Waals surface area contributed by atoms with Crippen molar-refractivity contribution in [1.29, 1.82) is 0 Å². The van der Waals surface area contributed by atoms with Gasteiger partial charge in [0.05, 0.1) is 16.8 Å². The summed E-state index contributed by atoms with van der Waals surface area (Å²) in [5.74, 6) is -0.0948. The average Bonchev–Trinajstić information content (AvgIpc) is 2.97. The van der Waals surface area contributed by atoms with Crippen molar-refractivity contribution in [2.24, 2.45) is 0 Å². The number of aromatic amines is 1. The lowest BCUT2D eigenvalue weighted by atomic mass is 10.1. The minimum Gasteiger partial charge on any atom is -0.449 e. The van der Waals surface area contributed by atoms with Crippen LogP contribution in [0.4, 0.5) is 16.2 Å². The zero-order valence-corrected chi connectivity index (χ0v) is 16.2. The van der Waals surface area contributed by atoms with Crippen molar-refractivity contribution in [2.75, 3.05) is 23.9 Å². The van der Waals surface area contributed by atoms with Gasteiger partial charge in [0, 0.05) is 18.4 Å². The Hall–Kier alpha value is -2.35. The van der Waals surface area contributed by atoms with Gasteiger partial charge in [0.25, 0.3) is 5.91 Å². The standard InChI is InChI=1S/C17H21BrN4O3/c1-5-25-17(24)22(4)12-8-6-11(7-9-12)19-16(23)15-13(18)14(10(2)3)20-21-15/h6-10H,5H2,1-4H3,(H,19,23)(H,20,21). The number of aromatic nitrogens is 2. The number of ether oxygens (including phenoxy) is 1. The lowest BCUT2D eigenvalue weighted by Crippen LogP contribution is -2.26. The van der Waals surface area contributed by atoms with E-state index in [9.17, 15) is 9.59 Å². The summed E-state index contributed by atoms with van der Waals surface area (Å²) in [7, 11) is 1.62. The van der Waals surface area contributed by atoms with Gasteiger partial charge in [-0.2, -0.15) is 5.10 Å². The van der Waals surface area contributed by atoms with Crippen LogP contribution in [-0.4, -0.2) is 35.9 Å². The van der Waals surface area contributed by atoms with Gasteiger partial charge in [-0.05, 0) is 53.0 Å². The van der Waals surface area contributed by atoms with Crippen molar-refractivity contribution in [2.45, 2.75) is 26.7 Å². The Labute approximate surface area is 154 Å². The van der Waals surface area contributed by atoms with E-state index in [1.165, 1.54) is 4.90 Å². The molecule has 0 radical (unpaired) electrons. The first-order chi connectivity index (χ1) is 11.8. The molecule has 0 saturated heterocycles. The van der Waals surface area contributed by atoms with Crippen LogP contribution in [0.2, 0.25) is 0 Å². The normalized spacial score (nSPS) is 10.6. The van der Waals surface area contributed by atoms with E-state index in [4.69, 9.17) is 4.74 Å². The molecule has 2 N–H and O–H groups in total. The first-order valence-electron chi connectivity index (χ1n) is 7.90. The van der Waals surface area contributed by atoms with Crippen molar-refractivity contribution in [1.82, 2.24) is 10.2 Å². The number of hydrogen-bond acceptors (Lipinski definition) is 4. The van der Waals surface area contributed by atoms with Crippen molar-refractivity contribution in [3.05, 3.63) is 40.1 Å². The van der Waals surface area contributed by atoms with E-state index < -0.39 is 6.09 Å². The van der Waals surface area contributed by atoms with E-state index in [-0.39, 0.29) is 11.8 Å². The van der Waals surface area contributed by atoms with Crippen molar-refractivity contribution in [3.8, 4) is 0 Å². The van der Waals surface area contributed by atoms with Crippen LogP contribution in [-0.2, 0) is 4.74 Å². The lowest BCUT2D eigenvalue weighted by molar-refractivity contribution is 0.102. The molecule has 0 aliphatic carbocycles. The number of nitrogens with zero attached hydrogens (tertiary/aromatic N) is 2. The van der Waals surface area contributed by atoms with Gasteiger partial charge in [0.2, 0.25) is 0 Å². The molecule has 0 bridgehead atoms. The number of benzene rings is 1. The first-order valence-corrected chi connectivity index (χ1v) is 8.70. The zero-order chi connectivity index (χ0) is 18.6. The van der Waals surface area contributed by atoms with Gasteiger partial charge >= 0.3 is 6.09 Å². The molecule has 0 atom stereocenters. The number of rotatable bonds is 5. The largest absolute Gasteiger partial charge is 0.449 e. The average molecular weight is 409 g/mol. The second kappa shape index (κ2) is 8.15. The number of H-pyrrole nitrogens is 1. The van der Waals surface area contributed by atoms with E-state index in [0.717, 1.165) is 5.69 Å². The summed E-state index contributed by atoms with van der Waals surface area (Å²) < 4.78 is 5.61. The van der Waals surface area contributed by atoms with E-state index in [1.54, 1.807) is 38.2 Å². The highest BCUT2D eigenvalue weighted by atomic mass is 79.9. The fraction of sp³-hybridized carbons (Fsp3) is 0.353. The highest BCUT2D eigenvalue weighted by Crippen LogP contribution is 2.26. The molecule has 1 heterocycles. The third kappa shape index (κ3) is 4.39. The number of anilines is 2. The van der Waals surface area contributed by atoms with Gasteiger partial charge in [-0.15, -0.1) is 0 Å². The highest BCUT2D eigenvalue weighted by molar-refractivity contribution is 9.10. The Kier molecular flexibility index (Phi) is 6.19. The summed E-state index contributed by atoms with van der Waals surface area (Å²) in [6.07, 6.45) is -0.430. The summed E-state index contributed by atoms with van der Waals surface area (Å²) in [5.41, 5.74) is 2.44. The van der Waals surface area contributed by atoms with Crippen molar-refractivity contribution in [3.63, 3.8) is 0 Å². The Morgan fingerprint density at radius 2 is 1.96 bits per heavy atom. The number of halogens is 1. The van der Waals surface area contributed by atoms with Crippen molar-refractivity contribution < 1.29 is 14.3 Å². The molecule has 1 aromatic carbocycles. The molecule has 0 spiro atoms. The predicted molar refractivity (Wildman–Crippen MR) is 100 cm³/mol. The number of amides is 2. The summed E-state index contributed by atoms with van der Waals surface area (Å²) in [6.45, 7) is 6.09. The quantitative estimate of drug-likeness (QED) is 0.777. The molecule has 2 aromatic rings. The zero-order valence-electron chi connectivity index (χ0n) is 14.6. The Morgan fingerprint density at radius 3 is 2.48 bits per heavy atom. The molecule has 134 valence electrons. The molecule has 0 fully saturated rings. The molecule has 0 aliphatic heterocycles. The minimum atomic E-state index is -0.430. The molecule has 1 aromatic heterocycles. The predicted octanol–water partition coefficient (Wildman–Crippen LogP) is 4.14. The second-order valence-corrected chi connectivity index (χ2v) is 6.51. The van der Waals surface area contributed by atoms with Crippen molar-refractivity contribution >= 4 is 39.3 Å². The third-order valence-corrected chi connectivity index (χ3v) is 4.38. The Morgan fingerprint density at radius 1 is 1.32 bits per heavy atom. The van der Waals surface area contributed by atoms with E-state index in [0.29, 0.717) is 28.1 Å². The van der Waals surface area contributed by atoms with Gasteiger partial charge < -0.3 is 10.1 Å². The molecule has 0 saturated carbocycles. The number of hydrogen-bond donors (Lipinski definition) is 2. The van der Waals surface area contributed by atoms with Crippen LogP contribution in [0.15, 0.2) is 28.7 Å². The van der Waals surface area contributed by atoms with E-state index >= 15 is 0 Å². The molecule has 0 aliphatic rings. The van der Waals surface area contributed by atoms with Crippen LogP contribution in [0.25, 0.3) is 0 Å². The Bertz CT molecular complexity index is 756. The third-order valence-electron chi connectivity index (χ3n) is 3.58. The maximum atomic E-state index is 12.4. The molecule has 7 nitrogen and oxygen atoms in total. The van der Waals surface area contributed by atoms with Crippen LogP contribution in [0.1, 0.15) is 42.9 Å². The summed E-state index contributed by atoms with van der Waals surface area (Å²) >= 11 is 3.41. The maximum Gasteiger partial charge on any atom is 0.413 e. The van der Waals surface area contributed by atoms with Crippen LogP contribution >= 0.6 is 15.9 Å². The monoisotopic (exact) mass is 408 g/mol. The Balaban J connectivity index is 2.08. The summed E-state index contributed by atoms with van der Waals surface area (Å²) in [6, 6.07) is 6.89. The summed E-state index contributed by atoms with van der Waals surface area (Å²) in [5, 5.41) is 9.73. The van der Waals surface area contributed by atoms with Gasteiger partial charge in [0.1, 0.15) is 0 Å². The summed E-state index contributed by atoms with van der Waals surface area (Å²) in [4.78, 5) is 25.5. The molecule has 8 heteroatoms. The number of carbonyl (C=O) groups excluding carboxylic acids is 2. The minimum absolute atomic E-state index is 0.223. The van der Waals surface area contributed by atoms with Crippen LogP contribution < -0.4 is 10.2 Å². The fourth-order valence-electron chi connectivity index (χ4n) is 2.16. The van der Waals surface area contributed by atoms with Crippen LogP contribution in [0.3, 0.4) is 0 Å². The van der Waals surface area contributed by atoms with Crippen LogP contribution in [0.5, 0.6) is 0 Å².